The van der Waals surface area contributed by atoms with Crippen molar-refractivity contribution in [3.63, 3.8) is 0 Å². The van der Waals surface area contributed by atoms with Crippen LogP contribution in [0.3, 0.4) is 0 Å². The monoisotopic (exact) mass is 290 g/mol. The Bertz CT molecular complexity index is 682. The van der Waals surface area contributed by atoms with Gasteiger partial charge in [-0.2, -0.15) is 0 Å². The molecule has 0 radical (unpaired) electrons. The molecule has 2 fully saturated rings. The molecule has 0 aliphatic heterocycles. The fourth-order valence-electron chi connectivity index (χ4n) is 3.65. The molecule has 2 aromatic heterocycles. The number of nitrogens with zero attached hydrogens (tertiary/aromatic N) is 3. The lowest BCUT2D eigenvalue weighted by molar-refractivity contribution is 0.0521. The number of rotatable bonds is 2. The van der Waals surface area contributed by atoms with E-state index in [-0.39, 0.29) is 5.54 Å². The maximum Gasteiger partial charge on any atom is 0.159 e. The highest BCUT2D eigenvalue weighted by Gasteiger charge is 2.53. The molecule has 0 atom stereocenters. The summed E-state index contributed by atoms with van der Waals surface area (Å²) in [5.74, 6) is 0.712. The SMILES string of the molecule is OC12CCC(Nc3nnc(Cl)c4ccncc34)(CC1)C2. The van der Waals surface area contributed by atoms with Crippen LogP contribution in [-0.2, 0) is 0 Å². The standard InChI is InChI=1S/C14H15ClN4O/c15-11-9-1-6-16-7-10(9)12(19-18-11)17-13-2-4-14(20,8-13)5-3-13/h1,6-7,20H,2-5,8H2,(H,17,19). The van der Waals surface area contributed by atoms with Gasteiger partial charge in [0.15, 0.2) is 11.0 Å². The van der Waals surface area contributed by atoms with Gasteiger partial charge in [-0.3, -0.25) is 4.98 Å². The van der Waals surface area contributed by atoms with Crippen LogP contribution in [0, 0.1) is 0 Å². The summed E-state index contributed by atoms with van der Waals surface area (Å²) in [5.41, 5.74) is -0.541. The van der Waals surface area contributed by atoms with Crippen molar-refractivity contribution in [3.8, 4) is 0 Å². The molecule has 2 saturated carbocycles. The Morgan fingerprint density at radius 2 is 1.95 bits per heavy atom. The minimum absolute atomic E-state index is 0.0555. The summed E-state index contributed by atoms with van der Waals surface area (Å²) in [6, 6.07) is 1.84. The molecule has 2 heterocycles. The Hall–Kier alpha value is -1.46. The summed E-state index contributed by atoms with van der Waals surface area (Å²) in [5, 5.41) is 24.2. The molecule has 2 N–H and O–H groups in total. The molecule has 5 nitrogen and oxygen atoms in total. The van der Waals surface area contributed by atoms with E-state index in [0.717, 1.165) is 42.9 Å². The van der Waals surface area contributed by atoms with Gasteiger partial charge >= 0.3 is 0 Å². The second-order valence-electron chi connectivity index (χ2n) is 6.07. The van der Waals surface area contributed by atoms with E-state index in [1.807, 2.05) is 6.07 Å². The average molecular weight is 291 g/mol. The zero-order valence-corrected chi connectivity index (χ0v) is 11.7. The van der Waals surface area contributed by atoms with Crippen LogP contribution in [0.4, 0.5) is 5.82 Å². The number of fused-ring (bicyclic) bond motifs is 3. The molecular formula is C14H15ClN4O. The van der Waals surface area contributed by atoms with E-state index >= 15 is 0 Å². The molecule has 104 valence electrons. The van der Waals surface area contributed by atoms with Crippen molar-refractivity contribution in [1.82, 2.24) is 15.2 Å². The van der Waals surface area contributed by atoms with Crippen LogP contribution in [0.2, 0.25) is 5.15 Å². The van der Waals surface area contributed by atoms with E-state index in [0.29, 0.717) is 11.0 Å². The molecule has 0 amide bonds. The number of aliphatic hydroxyl groups is 1. The quantitative estimate of drug-likeness (QED) is 0.889. The highest BCUT2D eigenvalue weighted by Crippen LogP contribution is 2.52. The summed E-state index contributed by atoms with van der Waals surface area (Å²) in [6.07, 6.45) is 7.89. The highest BCUT2D eigenvalue weighted by molar-refractivity contribution is 6.34. The van der Waals surface area contributed by atoms with Crippen LogP contribution in [-0.4, -0.2) is 31.4 Å². The number of hydrogen-bond acceptors (Lipinski definition) is 5. The topological polar surface area (TPSA) is 70.9 Å². The molecular weight excluding hydrogens is 276 g/mol. The van der Waals surface area contributed by atoms with Gasteiger partial charge in [0.1, 0.15) is 0 Å². The van der Waals surface area contributed by atoms with Crippen LogP contribution in [0.25, 0.3) is 10.8 Å². The van der Waals surface area contributed by atoms with Gasteiger partial charge in [-0.15, -0.1) is 10.2 Å². The van der Waals surface area contributed by atoms with Crippen molar-refractivity contribution in [2.75, 3.05) is 5.32 Å². The number of anilines is 1. The van der Waals surface area contributed by atoms with Crippen molar-refractivity contribution in [3.05, 3.63) is 23.6 Å². The Balaban J connectivity index is 1.75. The Morgan fingerprint density at radius 1 is 1.15 bits per heavy atom. The minimum atomic E-state index is -0.485. The third-order valence-corrected chi connectivity index (χ3v) is 5.00. The van der Waals surface area contributed by atoms with Crippen molar-refractivity contribution in [1.29, 1.82) is 0 Å². The van der Waals surface area contributed by atoms with Crippen molar-refractivity contribution >= 4 is 28.2 Å². The predicted molar refractivity (Wildman–Crippen MR) is 76.7 cm³/mol. The van der Waals surface area contributed by atoms with E-state index < -0.39 is 5.60 Å². The van der Waals surface area contributed by atoms with Crippen LogP contribution >= 0.6 is 11.6 Å². The average Bonchev–Trinajstić information content (AvgIpc) is 2.96. The van der Waals surface area contributed by atoms with Crippen molar-refractivity contribution < 1.29 is 5.11 Å². The first-order valence-electron chi connectivity index (χ1n) is 6.86. The Labute approximate surface area is 121 Å². The lowest BCUT2D eigenvalue weighted by atomic mass is 9.92. The molecule has 0 saturated heterocycles. The molecule has 2 bridgehead atoms. The largest absolute Gasteiger partial charge is 0.390 e. The zero-order chi connectivity index (χ0) is 13.8. The second-order valence-corrected chi connectivity index (χ2v) is 6.43. The summed E-state index contributed by atoms with van der Waals surface area (Å²) in [6.45, 7) is 0. The third-order valence-electron chi connectivity index (χ3n) is 4.73. The molecule has 6 heteroatoms. The van der Waals surface area contributed by atoms with E-state index in [9.17, 15) is 5.11 Å². The first-order chi connectivity index (χ1) is 9.59. The fraction of sp³-hybridized carbons (Fsp3) is 0.500. The van der Waals surface area contributed by atoms with Crippen molar-refractivity contribution in [2.24, 2.45) is 0 Å². The van der Waals surface area contributed by atoms with Crippen LogP contribution < -0.4 is 5.32 Å². The van der Waals surface area contributed by atoms with Gasteiger partial charge in [-0.25, -0.2) is 0 Å². The van der Waals surface area contributed by atoms with Gasteiger partial charge < -0.3 is 10.4 Å². The van der Waals surface area contributed by atoms with Gasteiger partial charge in [-0.05, 0) is 38.2 Å². The number of aromatic nitrogens is 3. The predicted octanol–water partition coefficient (Wildman–Crippen LogP) is 2.54. The molecule has 2 aliphatic rings. The fourth-order valence-corrected chi connectivity index (χ4v) is 3.86. The molecule has 2 aromatic rings. The summed E-state index contributed by atoms with van der Waals surface area (Å²) in [4.78, 5) is 4.15. The van der Waals surface area contributed by atoms with Gasteiger partial charge in [0.2, 0.25) is 0 Å². The number of nitrogens with one attached hydrogen (secondary N) is 1. The first kappa shape index (κ1) is 12.3. The zero-order valence-electron chi connectivity index (χ0n) is 10.9. The van der Waals surface area contributed by atoms with E-state index in [4.69, 9.17) is 11.6 Å². The Morgan fingerprint density at radius 3 is 2.65 bits per heavy atom. The lowest BCUT2D eigenvalue weighted by Crippen LogP contribution is -2.33. The van der Waals surface area contributed by atoms with Gasteiger partial charge in [0.25, 0.3) is 0 Å². The smallest absolute Gasteiger partial charge is 0.159 e. The third kappa shape index (κ3) is 1.77. The van der Waals surface area contributed by atoms with Gasteiger partial charge in [-0.1, -0.05) is 11.6 Å². The second kappa shape index (κ2) is 4.02. The number of hydrogen-bond donors (Lipinski definition) is 2. The van der Waals surface area contributed by atoms with Crippen LogP contribution in [0.5, 0.6) is 0 Å². The van der Waals surface area contributed by atoms with Crippen molar-refractivity contribution in [2.45, 2.75) is 43.2 Å². The molecule has 0 aromatic carbocycles. The van der Waals surface area contributed by atoms with E-state index in [1.165, 1.54) is 0 Å². The van der Waals surface area contributed by atoms with E-state index in [2.05, 4.69) is 20.5 Å². The number of pyridine rings is 1. The minimum Gasteiger partial charge on any atom is -0.390 e. The normalized spacial score (nSPS) is 31.9. The maximum atomic E-state index is 10.3. The molecule has 20 heavy (non-hydrogen) atoms. The summed E-state index contributed by atoms with van der Waals surface area (Å²) in [7, 11) is 0. The maximum absolute atomic E-state index is 10.3. The van der Waals surface area contributed by atoms with Gasteiger partial charge in [0.05, 0.1) is 5.60 Å². The molecule has 4 rings (SSSR count). The molecule has 0 spiro atoms. The summed E-state index contributed by atoms with van der Waals surface area (Å²) < 4.78 is 0. The highest BCUT2D eigenvalue weighted by atomic mass is 35.5. The van der Waals surface area contributed by atoms with Gasteiger partial charge in [0, 0.05) is 28.7 Å². The molecule has 2 aliphatic carbocycles. The Kier molecular flexibility index (Phi) is 2.47. The lowest BCUT2D eigenvalue weighted by Gasteiger charge is -2.28. The van der Waals surface area contributed by atoms with E-state index in [1.54, 1.807) is 12.4 Å². The summed E-state index contributed by atoms with van der Waals surface area (Å²) >= 11 is 6.08. The number of halogens is 1. The molecule has 0 unspecified atom stereocenters. The van der Waals surface area contributed by atoms with Crippen LogP contribution in [0.1, 0.15) is 32.1 Å². The van der Waals surface area contributed by atoms with Crippen LogP contribution in [0.15, 0.2) is 18.5 Å². The first-order valence-corrected chi connectivity index (χ1v) is 7.24.